The van der Waals surface area contributed by atoms with Gasteiger partial charge in [0.25, 0.3) is 0 Å². The van der Waals surface area contributed by atoms with E-state index in [1.54, 1.807) is 12.3 Å². The van der Waals surface area contributed by atoms with Gasteiger partial charge in [-0.3, -0.25) is 0 Å². The van der Waals surface area contributed by atoms with Gasteiger partial charge in [-0.2, -0.15) is 0 Å². The fraction of sp³-hybridized carbons (Fsp3) is 0. The summed E-state index contributed by atoms with van der Waals surface area (Å²) in [6.07, 6.45) is 5.27. The second-order valence-corrected chi connectivity index (χ2v) is 2.20. The molecule has 0 saturated carbocycles. The molecule has 1 aromatic rings. The third-order valence-corrected chi connectivity index (χ3v) is 1.47. The molecule has 0 amide bonds. The fourth-order valence-electron chi connectivity index (χ4n) is 0.941. The maximum atomic E-state index is 5.40. The summed E-state index contributed by atoms with van der Waals surface area (Å²) >= 11 is 0. The maximum Gasteiger partial charge on any atom is 0.00175 e. The summed E-state index contributed by atoms with van der Waals surface area (Å²) in [5.74, 6) is 0. The quantitative estimate of drug-likeness (QED) is 0.606. The molecule has 1 aromatic carbocycles. The number of benzene rings is 1. The number of rotatable bonds is 1. The Balaban J connectivity index is 3.48. The lowest BCUT2D eigenvalue weighted by Crippen LogP contribution is -2.24. The van der Waals surface area contributed by atoms with Crippen LogP contribution in [0.3, 0.4) is 0 Å². The van der Waals surface area contributed by atoms with Crippen LogP contribution in [0, 0.1) is 0 Å². The van der Waals surface area contributed by atoms with Crippen molar-refractivity contribution in [3.63, 3.8) is 0 Å². The van der Waals surface area contributed by atoms with Gasteiger partial charge in [0.15, 0.2) is 0 Å². The largest absolute Gasteiger partial charge is 0.404 e. The normalized spacial score (nSPS) is 13.5. The summed E-state index contributed by atoms with van der Waals surface area (Å²) in [5.41, 5.74) is 5.40. The van der Waals surface area contributed by atoms with E-state index in [9.17, 15) is 0 Å². The Bertz CT molecular complexity index is 349. The molecular formula is C10H11N. The Labute approximate surface area is 66.2 Å². The van der Waals surface area contributed by atoms with Crippen molar-refractivity contribution in [2.75, 3.05) is 0 Å². The molecule has 0 aliphatic rings. The molecule has 11 heavy (non-hydrogen) atoms. The predicted octanol–water partition coefficient (Wildman–Crippen LogP) is 0.350. The van der Waals surface area contributed by atoms with Crippen molar-refractivity contribution in [2.24, 2.45) is 5.73 Å². The van der Waals surface area contributed by atoms with Crippen molar-refractivity contribution < 1.29 is 0 Å². The lowest BCUT2D eigenvalue weighted by atomic mass is 10.2. The van der Waals surface area contributed by atoms with Crippen LogP contribution in [0.5, 0.6) is 0 Å². The van der Waals surface area contributed by atoms with Gasteiger partial charge in [-0.05, 0) is 10.4 Å². The molecule has 0 aliphatic carbocycles. The van der Waals surface area contributed by atoms with Gasteiger partial charge in [0.05, 0.1) is 0 Å². The van der Waals surface area contributed by atoms with Gasteiger partial charge in [0.1, 0.15) is 0 Å². The van der Waals surface area contributed by atoms with Gasteiger partial charge in [-0.25, -0.2) is 0 Å². The van der Waals surface area contributed by atoms with E-state index in [1.165, 1.54) is 0 Å². The van der Waals surface area contributed by atoms with E-state index in [2.05, 4.69) is 6.58 Å². The van der Waals surface area contributed by atoms with Gasteiger partial charge in [0.2, 0.25) is 0 Å². The summed E-state index contributed by atoms with van der Waals surface area (Å²) in [6.45, 7) is 3.62. The van der Waals surface area contributed by atoms with Gasteiger partial charge in [-0.1, -0.05) is 43.0 Å². The number of hydrogen-bond donors (Lipinski definition) is 1. The SMILES string of the molecule is C=C/C=c1\cccc\c1=C\N. The number of allylic oxidation sites excluding steroid dienone is 1. The Morgan fingerprint density at radius 3 is 2.36 bits per heavy atom. The summed E-state index contributed by atoms with van der Waals surface area (Å²) in [5, 5.41) is 2.14. The Morgan fingerprint density at radius 2 is 1.82 bits per heavy atom. The summed E-state index contributed by atoms with van der Waals surface area (Å²) in [6, 6.07) is 7.90. The fourth-order valence-corrected chi connectivity index (χ4v) is 0.941. The first kappa shape index (κ1) is 7.61. The van der Waals surface area contributed by atoms with Gasteiger partial charge >= 0.3 is 0 Å². The highest BCUT2D eigenvalue weighted by Crippen LogP contribution is 1.71. The van der Waals surface area contributed by atoms with E-state index >= 15 is 0 Å². The molecule has 0 aromatic heterocycles. The monoisotopic (exact) mass is 145 g/mol. The Kier molecular flexibility index (Phi) is 2.50. The van der Waals surface area contributed by atoms with Crippen LogP contribution in [-0.2, 0) is 0 Å². The second-order valence-electron chi connectivity index (χ2n) is 2.20. The summed E-state index contributed by atoms with van der Waals surface area (Å²) < 4.78 is 0. The molecule has 0 atom stereocenters. The molecule has 1 rings (SSSR count). The van der Waals surface area contributed by atoms with Crippen LogP contribution in [0.15, 0.2) is 36.9 Å². The first-order chi connectivity index (χ1) is 5.38. The zero-order valence-corrected chi connectivity index (χ0v) is 6.33. The van der Waals surface area contributed by atoms with Crippen molar-refractivity contribution in [1.29, 1.82) is 0 Å². The predicted molar refractivity (Wildman–Crippen MR) is 49.0 cm³/mol. The van der Waals surface area contributed by atoms with Crippen LogP contribution in [0.4, 0.5) is 0 Å². The van der Waals surface area contributed by atoms with Crippen LogP contribution in [0.1, 0.15) is 0 Å². The molecule has 0 fully saturated rings. The van der Waals surface area contributed by atoms with Crippen LogP contribution in [-0.4, -0.2) is 0 Å². The zero-order chi connectivity index (χ0) is 8.10. The third kappa shape index (κ3) is 1.71. The molecule has 0 heterocycles. The molecule has 0 aliphatic heterocycles. The Hall–Kier alpha value is -1.50. The highest BCUT2D eigenvalue weighted by Gasteiger charge is 1.78. The second kappa shape index (κ2) is 3.62. The average molecular weight is 145 g/mol. The van der Waals surface area contributed by atoms with E-state index < -0.39 is 0 Å². The number of hydrogen-bond acceptors (Lipinski definition) is 1. The standard InChI is InChI=1S/C10H11N/c1-2-5-9-6-3-4-7-10(9)8-11/h2-8H,1,11H2/b9-5+,10-8-. The van der Waals surface area contributed by atoms with Gasteiger partial charge in [0, 0.05) is 6.20 Å². The lowest BCUT2D eigenvalue weighted by molar-refractivity contribution is 1.49. The van der Waals surface area contributed by atoms with E-state index in [-0.39, 0.29) is 0 Å². The number of nitrogens with two attached hydrogens (primary N) is 1. The molecule has 56 valence electrons. The van der Waals surface area contributed by atoms with Crippen molar-refractivity contribution in [3.05, 3.63) is 47.4 Å². The van der Waals surface area contributed by atoms with Crippen molar-refractivity contribution >= 4 is 12.3 Å². The van der Waals surface area contributed by atoms with Crippen LogP contribution in [0.25, 0.3) is 12.3 Å². The van der Waals surface area contributed by atoms with E-state index in [0.717, 1.165) is 10.4 Å². The molecular weight excluding hydrogens is 134 g/mol. The topological polar surface area (TPSA) is 26.0 Å². The van der Waals surface area contributed by atoms with Gasteiger partial charge in [-0.15, -0.1) is 0 Å². The minimum Gasteiger partial charge on any atom is -0.404 e. The Morgan fingerprint density at radius 1 is 1.18 bits per heavy atom. The van der Waals surface area contributed by atoms with Crippen molar-refractivity contribution in [2.45, 2.75) is 0 Å². The first-order valence-corrected chi connectivity index (χ1v) is 3.48. The van der Waals surface area contributed by atoms with E-state index in [4.69, 9.17) is 5.73 Å². The smallest absolute Gasteiger partial charge is 0.00175 e. The lowest BCUT2D eigenvalue weighted by Gasteiger charge is -1.85. The highest BCUT2D eigenvalue weighted by molar-refractivity contribution is 5.37. The van der Waals surface area contributed by atoms with E-state index in [1.807, 2.05) is 30.3 Å². The van der Waals surface area contributed by atoms with Crippen molar-refractivity contribution in [1.82, 2.24) is 0 Å². The highest BCUT2D eigenvalue weighted by atomic mass is 14.5. The molecule has 0 saturated heterocycles. The molecule has 0 bridgehead atoms. The molecule has 0 spiro atoms. The first-order valence-electron chi connectivity index (χ1n) is 3.48. The maximum absolute atomic E-state index is 5.40. The average Bonchev–Trinajstić information content (AvgIpc) is 2.06. The molecule has 2 N–H and O–H groups in total. The molecule has 0 unspecified atom stereocenters. The molecule has 1 nitrogen and oxygen atoms in total. The molecule has 1 heteroatoms. The minimum absolute atomic E-state index is 1.03. The van der Waals surface area contributed by atoms with E-state index in [0.29, 0.717) is 0 Å². The third-order valence-electron chi connectivity index (χ3n) is 1.47. The zero-order valence-electron chi connectivity index (χ0n) is 6.33. The van der Waals surface area contributed by atoms with Crippen molar-refractivity contribution in [3.8, 4) is 0 Å². The minimum atomic E-state index is 1.03. The van der Waals surface area contributed by atoms with Crippen LogP contribution < -0.4 is 16.2 Å². The van der Waals surface area contributed by atoms with Gasteiger partial charge < -0.3 is 5.73 Å². The van der Waals surface area contributed by atoms with Crippen LogP contribution in [0.2, 0.25) is 0 Å². The molecule has 0 radical (unpaired) electrons. The van der Waals surface area contributed by atoms with Crippen LogP contribution >= 0.6 is 0 Å². The summed E-state index contributed by atoms with van der Waals surface area (Å²) in [7, 11) is 0. The summed E-state index contributed by atoms with van der Waals surface area (Å²) in [4.78, 5) is 0.